The Kier molecular flexibility index (Phi) is 5.88. The molecule has 0 atom stereocenters. The number of anilines is 1. The van der Waals surface area contributed by atoms with Crippen molar-refractivity contribution in [2.24, 2.45) is 0 Å². The summed E-state index contributed by atoms with van der Waals surface area (Å²) in [7, 11) is 0. The molecule has 0 aliphatic carbocycles. The van der Waals surface area contributed by atoms with Gasteiger partial charge >= 0.3 is 0 Å². The van der Waals surface area contributed by atoms with Crippen LogP contribution < -0.4 is 15.0 Å². The highest BCUT2D eigenvalue weighted by molar-refractivity contribution is 5.85. The minimum absolute atomic E-state index is 0. The molecule has 112 valence electrons. The highest BCUT2D eigenvalue weighted by atomic mass is 35.5. The van der Waals surface area contributed by atoms with Crippen molar-refractivity contribution in [3.05, 3.63) is 18.3 Å². The van der Waals surface area contributed by atoms with Crippen LogP contribution in [0.1, 0.15) is 12.8 Å². The summed E-state index contributed by atoms with van der Waals surface area (Å²) in [6.45, 7) is 5.45. The topological polar surface area (TPSA) is 46.6 Å². The molecule has 0 amide bonds. The quantitative estimate of drug-likeness (QED) is 0.916. The van der Waals surface area contributed by atoms with Gasteiger partial charge in [0.2, 0.25) is 5.88 Å². The Morgan fingerprint density at radius 2 is 2.00 bits per heavy atom. The minimum atomic E-state index is 0. The van der Waals surface area contributed by atoms with Crippen LogP contribution in [0.5, 0.6) is 5.88 Å². The molecule has 0 saturated carbocycles. The van der Waals surface area contributed by atoms with Crippen LogP contribution in [0.15, 0.2) is 18.3 Å². The van der Waals surface area contributed by atoms with Crippen molar-refractivity contribution in [1.82, 2.24) is 10.3 Å². The molecule has 0 unspecified atom stereocenters. The minimum Gasteiger partial charge on any atom is -0.473 e. The van der Waals surface area contributed by atoms with E-state index < -0.39 is 0 Å². The molecule has 1 aromatic rings. The number of piperidine rings is 1. The van der Waals surface area contributed by atoms with Crippen molar-refractivity contribution >= 4 is 18.1 Å². The van der Waals surface area contributed by atoms with Gasteiger partial charge in [-0.15, -0.1) is 12.4 Å². The third-order valence-electron chi connectivity index (χ3n) is 3.67. The number of morpholine rings is 1. The highest BCUT2D eigenvalue weighted by Gasteiger charge is 2.20. The zero-order valence-corrected chi connectivity index (χ0v) is 12.4. The molecule has 20 heavy (non-hydrogen) atoms. The van der Waals surface area contributed by atoms with E-state index in [4.69, 9.17) is 9.47 Å². The average molecular weight is 300 g/mol. The molecule has 3 heterocycles. The molecule has 6 heteroatoms. The van der Waals surface area contributed by atoms with Crippen LogP contribution in [0.25, 0.3) is 0 Å². The summed E-state index contributed by atoms with van der Waals surface area (Å²) in [5.41, 5.74) is 1.10. The first kappa shape index (κ1) is 15.4. The summed E-state index contributed by atoms with van der Waals surface area (Å²) in [6.07, 6.45) is 4.20. The number of aromatic nitrogens is 1. The maximum absolute atomic E-state index is 6.11. The fourth-order valence-electron chi connectivity index (χ4n) is 2.59. The molecule has 0 aromatic carbocycles. The van der Waals surface area contributed by atoms with E-state index in [1.165, 1.54) is 0 Å². The Hall–Kier alpha value is -1.04. The van der Waals surface area contributed by atoms with Gasteiger partial charge in [-0.3, -0.25) is 0 Å². The normalized spacial score (nSPS) is 20.3. The van der Waals surface area contributed by atoms with E-state index in [0.717, 1.165) is 63.8 Å². The Bertz CT molecular complexity index is 407. The molecule has 0 spiro atoms. The summed E-state index contributed by atoms with van der Waals surface area (Å²) < 4.78 is 11.5. The van der Waals surface area contributed by atoms with Gasteiger partial charge in [0.05, 0.1) is 13.2 Å². The lowest BCUT2D eigenvalue weighted by molar-refractivity contribution is 0.121. The fraction of sp³-hybridized carbons (Fsp3) is 0.643. The summed E-state index contributed by atoms with van der Waals surface area (Å²) in [6, 6.07) is 4.06. The van der Waals surface area contributed by atoms with Crippen LogP contribution in [0, 0.1) is 0 Å². The lowest BCUT2D eigenvalue weighted by atomic mass is 10.1. The fourth-order valence-corrected chi connectivity index (χ4v) is 2.59. The van der Waals surface area contributed by atoms with Crippen LogP contribution in [-0.2, 0) is 4.74 Å². The van der Waals surface area contributed by atoms with Crippen molar-refractivity contribution < 1.29 is 9.47 Å². The standard InChI is InChI=1S/C14H21N3O2.ClH/c1-2-13(17-8-10-18-11-9-17)14(16-5-1)19-12-3-6-15-7-4-12;/h1-2,5,12,15H,3-4,6-11H2;1H. The Morgan fingerprint density at radius 3 is 2.75 bits per heavy atom. The second kappa shape index (κ2) is 7.67. The third kappa shape index (κ3) is 3.75. The summed E-state index contributed by atoms with van der Waals surface area (Å²) >= 11 is 0. The second-order valence-corrected chi connectivity index (χ2v) is 4.99. The van der Waals surface area contributed by atoms with Crippen molar-refractivity contribution in [3.8, 4) is 5.88 Å². The number of nitrogens with one attached hydrogen (secondary N) is 1. The van der Waals surface area contributed by atoms with Crippen molar-refractivity contribution in [1.29, 1.82) is 0 Å². The zero-order valence-electron chi connectivity index (χ0n) is 11.6. The Balaban J connectivity index is 0.00000147. The molecule has 2 saturated heterocycles. The molecule has 2 aliphatic heterocycles. The summed E-state index contributed by atoms with van der Waals surface area (Å²) in [5, 5.41) is 3.35. The van der Waals surface area contributed by atoms with E-state index in [1.807, 2.05) is 6.07 Å². The lowest BCUT2D eigenvalue weighted by Crippen LogP contribution is -2.37. The van der Waals surface area contributed by atoms with E-state index >= 15 is 0 Å². The van der Waals surface area contributed by atoms with Crippen LogP contribution in [-0.4, -0.2) is 50.5 Å². The van der Waals surface area contributed by atoms with Gasteiger partial charge in [0.1, 0.15) is 11.8 Å². The number of ether oxygens (including phenoxy) is 2. The molecule has 3 rings (SSSR count). The molecule has 0 bridgehead atoms. The van der Waals surface area contributed by atoms with Gasteiger partial charge in [0.25, 0.3) is 0 Å². The highest BCUT2D eigenvalue weighted by Crippen LogP contribution is 2.28. The monoisotopic (exact) mass is 299 g/mol. The number of halogens is 1. The van der Waals surface area contributed by atoms with E-state index in [2.05, 4.69) is 21.3 Å². The smallest absolute Gasteiger partial charge is 0.237 e. The molecule has 1 N–H and O–H groups in total. The van der Waals surface area contributed by atoms with Crippen LogP contribution in [0.2, 0.25) is 0 Å². The SMILES string of the molecule is Cl.c1cnc(OC2CCNCC2)c(N2CCOCC2)c1. The van der Waals surface area contributed by atoms with Gasteiger partial charge in [-0.05, 0) is 38.1 Å². The number of pyridine rings is 1. The van der Waals surface area contributed by atoms with Crippen LogP contribution in [0.3, 0.4) is 0 Å². The van der Waals surface area contributed by atoms with E-state index in [-0.39, 0.29) is 18.5 Å². The Labute approximate surface area is 126 Å². The first-order chi connectivity index (χ1) is 9.43. The van der Waals surface area contributed by atoms with Gasteiger partial charge in [0, 0.05) is 19.3 Å². The van der Waals surface area contributed by atoms with E-state index in [9.17, 15) is 0 Å². The molecular formula is C14H22ClN3O2. The summed E-state index contributed by atoms with van der Waals surface area (Å²) in [4.78, 5) is 6.72. The number of hydrogen-bond donors (Lipinski definition) is 1. The molecule has 0 radical (unpaired) electrons. The largest absolute Gasteiger partial charge is 0.473 e. The zero-order chi connectivity index (χ0) is 12.9. The van der Waals surface area contributed by atoms with Gasteiger partial charge in [-0.2, -0.15) is 0 Å². The van der Waals surface area contributed by atoms with Gasteiger partial charge < -0.3 is 19.7 Å². The Morgan fingerprint density at radius 1 is 1.25 bits per heavy atom. The van der Waals surface area contributed by atoms with Crippen LogP contribution in [0.4, 0.5) is 5.69 Å². The average Bonchev–Trinajstić information content (AvgIpc) is 2.50. The van der Waals surface area contributed by atoms with Crippen molar-refractivity contribution in [2.75, 3.05) is 44.3 Å². The molecule has 5 nitrogen and oxygen atoms in total. The predicted molar refractivity (Wildman–Crippen MR) is 81.0 cm³/mol. The number of hydrogen-bond acceptors (Lipinski definition) is 5. The number of rotatable bonds is 3. The van der Waals surface area contributed by atoms with Crippen LogP contribution >= 0.6 is 12.4 Å². The number of nitrogens with zero attached hydrogens (tertiary/aromatic N) is 2. The lowest BCUT2D eigenvalue weighted by Gasteiger charge is -2.31. The van der Waals surface area contributed by atoms with Gasteiger partial charge in [-0.25, -0.2) is 4.98 Å². The molecule has 2 fully saturated rings. The second-order valence-electron chi connectivity index (χ2n) is 4.99. The maximum atomic E-state index is 6.11. The van der Waals surface area contributed by atoms with E-state index in [0.29, 0.717) is 0 Å². The molecule has 1 aromatic heterocycles. The van der Waals surface area contributed by atoms with Gasteiger partial charge in [-0.1, -0.05) is 0 Å². The summed E-state index contributed by atoms with van der Waals surface area (Å²) in [5.74, 6) is 0.774. The first-order valence-electron chi connectivity index (χ1n) is 7.08. The first-order valence-corrected chi connectivity index (χ1v) is 7.08. The molecule has 2 aliphatic rings. The van der Waals surface area contributed by atoms with Crippen molar-refractivity contribution in [3.63, 3.8) is 0 Å². The van der Waals surface area contributed by atoms with Crippen molar-refractivity contribution in [2.45, 2.75) is 18.9 Å². The molecular weight excluding hydrogens is 278 g/mol. The van der Waals surface area contributed by atoms with Gasteiger partial charge in [0.15, 0.2) is 0 Å². The predicted octanol–water partition coefficient (Wildman–Crippen LogP) is 1.47. The third-order valence-corrected chi connectivity index (χ3v) is 3.67. The van der Waals surface area contributed by atoms with E-state index in [1.54, 1.807) is 6.20 Å². The maximum Gasteiger partial charge on any atom is 0.237 e.